The van der Waals surface area contributed by atoms with Crippen molar-refractivity contribution in [2.45, 2.75) is 45.7 Å². The van der Waals surface area contributed by atoms with Crippen molar-refractivity contribution in [1.29, 1.82) is 0 Å². The van der Waals surface area contributed by atoms with Crippen LogP contribution in [0.5, 0.6) is 0 Å². The number of carbonyl (C=O) groups excluding carboxylic acids is 1. The Hall–Kier alpha value is -4.45. The molecule has 6 aromatic heterocycles. The minimum absolute atomic E-state index is 0.169. The molecule has 0 spiro atoms. The van der Waals surface area contributed by atoms with Gasteiger partial charge in [-0.3, -0.25) is 24.1 Å². The summed E-state index contributed by atoms with van der Waals surface area (Å²) in [6.45, 7) is 7.40. The SMILES string of the molecule is CC(=O)N1CCC(Cn2cc(-c3cnc4ccc(Cl)nc4c3)cn2)CC1.Clc1ccc2ncc(-c3cnn(CC4CCNCC4)c3)cc2n1. The highest BCUT2D eigenvalue weighted by Crippen LogP contribution is 2.26. The second kappa shape index (κ2) is 15.0. The van der Waals surface area contributed by atoms with E-state index in [0.717, 1.165) is 96.4 Å². The predicted molar refractivity (Wildman–Crippen MR) is 192 cm³/mol. The van der Waals surface area contributed by atoms with Crippen LogP contribution in [0.25, 0.3) is 44.3 Å². The van der Waals surface area contributed by atoms with Crippen molar-refractivity contribution < 1.29 is 4.79 Å². The van der Waals surface area contributed by atoms with E-state index in [2.05, 4.69) is 41.6 Å². The second-order valence-electron chi connectivity index (χ2n) is 12.8. The zero-order valence-corrected chi connectivity index (χ0v) is 28.9. The Bertz CT molecular complexity index is 2060. The first kappa shape index (κ1) is 33.1. The summed E-state index contributed by atoms with van der Waals surface area (Å²) in [5, 5.41) is 13.4. The molecule has 8 rings (SSSR count). The van der Waals surface area contributed by atoms with Crippen LogP contribution in [0.2, 0.25) is 10.3 Å². The molecule has 2 fully saturated rings. The average Bonchev–Trinajstić information content (AvgIpc) is 3.79. The van der Waals surface area contributed by atoms with Gasteiger partial charge in [-0.05, 0) is 87.0 Å². The van der Waals surface area contributed by atoms with Gasteiger partial charge < -0.3 is 10.2 Å². The first-order chi connectivity index (χ1) is 23.9. The Kier molecular flexibility index (Phi) is 10.1. The summed E-state index contributed by atoms with van der Waals surface area (Å²) in [5.74, 6) is 1.43. The van der Waals surface area contributed by atoms with E-state index in [-0.39, 0.29) is 5.91 Å². The number of nitrogens with zero attached hydrogens (tertiary/aromatic N) is 9. The van der Waals surface area contributed by atoms with Gasteiger partial charge in [0, 0.05) is 80.1 Å². The molecular formula is C36H38Cl2N10O. The molecule has 0 aliphatic carbocycles. The minimum Gasteiger partial charge on any atom is -0.343 e. The fourth-order valence-corrected chi connectivity index (χ4v) is 6.84. The molecule has 1 N–H and O–H groups in total. The molecule has 2 aliphatic rings. The molecule has 8 heterocycles. The van der Waals surface area contributed by atoms with E-state index in [0.29, 0.717) is 22.1 Å². The highest BCUT2D eigenvalue weighted by Gasteiger charge is 2.21. The van der Waals surface area contributed by atoms with Crippen molar-refractivity contribution in [2.24, 2.45) is 11.8 Å². The molecule has 0 saturated carbocycles. The van der Waals surface area contributed by atoms with Crippen molar-refractivity contribution in [3.63, 3.8) is 0 Å². The third-order valence-electron chi connectivity index (χ3n) is 9.35. The number of likely N-dealkylation sites (tertiary alicyclic amines) is 1. The van der Waals surface area contributed by atoms with Crippen LogP contribution in [0.3, 0.4) is 0 Å². The molecule has 0 unspecified atom stereocenters. The van der Waals surface area contributed by atoms with E-state index in [1.54, 1.807) is 19.1 Å². The van der Waals surface area contributed by atoms with Crippen LogP contribution in [0.4, 0.5) is 0 Å². The summed E-state index contributed by atoms with van der Waals surface area (Å²) in [6.07, 6.45) is 16.1. The molecule has 13 heteroatoms. The monoisotopic (exact) mass is 696 g/mol. The number of halogens is 2. The summed E-state index contributed by atoms with van der Waals surface area (Å²) >= 11 is 11.9. The van der Waals surface area contributed by atoms with Crippen molar-refractivity contribution in [3.8, 4) is 22.3 Å². The molecule has 0 atom stereocenters. The van der Waals surface area contributed by atoms with E-state index >= 15 is 0 Å². The fraction of sp³-hybridized carbons (Fsp3) is 0.361. The molecule has 252 valence electrons. The Labute approximate surface area is 294 Å². The average molecular weight is 698 g/mol. The van der Waals surface area contributed by atoms with Gasteiger partial charge in [-0.25, -0.2) is 9.97 Å². The van der Waals surface area contributed by atoms with E-state index < -0.39 is 0 Å². The first-order valence-corrected chi connectivity index (χ1v) is 17.5. The third-order valence-corrected chi connectivity index (χ3v) is 9.77. The van der Waals surface area contributed by atoms with Crippen LogP contribution in [-0.4, -0.2) is 76.5 Å². The van der Waals surface area contributed by atoms with Gasteiger partial charge >= 0.3 is 0 Å². The molecule has 2 saturated heterocycles. The van der Waals surface area contributed by atoms with Gasteiger partial charge in [-0.1, -0.05) is 23.2 Å². The summed E-state index contributed by atoms with van der Waals surface area (Å²) in [7, 11) is 0. The maximum atomic E-state index is 11.4. The standard InChI is InChI=1S/C19H20ClN5O.C17H18ClN5/c1-13(26)24-6-4-14(5-7-24)11-25-12-16(10-22-25)15-8-18-17(21-9-15)2-3-19(20)23-18;18-17-2-1-15-16(22-17)7-13(8-20-15)14-9-21-23(11-14)10-12-3-5-19-6-4-12/h2-3,8-10,12,14H,4-7,11H2,1H3;1-2,7-9,11-12,19H,3-6,10H2. The van der Waals surface area contributed by atoms with E-state index in [4.69, 9.17) is 23.2 Å². The van der Waals surface area contributed by atoms with Gasteiger partial charge in [0.25, 0.3) is 0 Å². The smallest absolute Gasteiger partial charge is 0.219 e. The van der Waals surface area contributed by atoms with Crippen molar-refractivity contribution in [2.75, 3.05) is 26.2 Å². The molecule has 6 aromatic rings. The van der Waals surface area contributed by atoms with Gasteiger partial charge in [0.1, 0.15) is 10.3 Å². The van der Waals surface area contributed by atoms with Crippen molar-refractivity contribution in [1.82, 2.24) is 49.7 Å². The van der Waals surface area contributed by atoms with Gasteiger partial charge in [0.05, 0.1) is 34.5 Å². The predicted octanol–water partition coefficient (Wildman–Crippen LogP) is 6.55. The normalized spacial score (nSPS) is 15.8. The van der Waals surface area contributed by atoms with Gasteiger partial charge in [0.15, 0.2) is 0 Å². The van der Waals surface area contributed by atoms with Crippen molar-refractivity contribution >= 4 is 51.2 Å². The largest absolute Gasteiger partial charge is 0.343 e. The zero-order valence-electron chi connectivity index (χ0n) is 27.3. The number of fused-ring (bicyclic) bond motifs is 2. The number of rotatable bonds is 6. The number of amides is 1. The summed E-state index contributed by atoms with van der Waals surface area (Å²) in [6, 6.07) is 11.3. The third kappa shape index (κ3) is 8.24. The van der Waals surface area contributed by atoms with E-state index in [1.807, 2.05) is 69.5 Å². The summed E-state index contributed by atoms with van der Waals surface area (Å²) < 4.78 is 4.03. The second-order valence-corrected chi connectivity index (χ2v) is 13.6. The highest BCUT2D eigenvalue weighted by atomic mass is 35.5. The van der Waals surface area contributed by atoms with E-state index in [9.17, 15) is 4.79 Å². The molecule has 2 aliphatic heterocycles. The minimum atomic E-state index is 0.169. The van der Waals surface area contributed by atoms with E-state index in [1.165, 1.54) is 12.8 Å². The lowest BCUT2D eigenvalue weighted by Crippen LogP contribution is -2.38. The van der Waals surface area contributed by atoms with Crippen LogP contribution in [0.15, 0.2) is 73.6 Å². The number of nitrogens with one attached hydrogen (secondary N) is 1. The number of hydrogen-bond donors (Lipinski definition) is 1. The number of aromatic nitrogens is 8. The number of carbonyl (C=O) groups is 1. The van der Waals surface area contributed by atoms with Crippen LogP contribution < -0.4 is 5.32 Å². The first-order valence-electron chi connectivity index (χ1n) is 16.7. The van der Waals surface area contributed by atoms with Crippen LogP contribution in [0.1, 0.15) is 32.6 Å². The molecule has 0 aromatic carbocycles. The number of piperidine rings is 2. The van der Waals surface area contributed by atoms with Crippen LogP contribution >= 0.6 is 23.2 Å². The fourth-order valence-electron chi connectivity index (χ4n) is 6.53. The molecule has 1 amide bonds. The molecule has 49 heavy (non-hydrogen) atoms. The quantitative estimate of drug-likeness (QED) is 0.195. The lowest BCUT2D eigenvalue weighted by molar-refractivity contribution is -0.130. The molecule has 0 bridgehead atoms. The lowest BCUT2D eigenvalue weighted by atomic mass is 9.97. The Morgan fingerprint density at radius 1 is 0.694 bits per heavy atom. The molecule has 11 nitrogen and oxygen atoms in total. The highest BCUT2D eigenvalue weighted by molar-refractivity contribution is 6.30. The van der Waals surface area contributed by atoms with Gasteiger partial charge in [-0.2, -0.15) is 10.2 Å². The zero-order chi connectivity index (χ0) is 33.7. The Morgan fingerprint density at radius 3 is 1.67 bits per heavy atom. The van der Waals surface area contributed by atoms with Crippen molar-refractivity contribution in [3.05, 3.63) is 83.9 Å². The molecular weight excluding hydrogens is 659 g/mol. The van der Waals surface area contributed by atoms with Crippen LogP contribution in [-0.2, 0) is 17.9 Å². The van der Waals surface area contributed by atoms with Gasteiger partial charge in [-0.15, -0.1) is 0 Å². The lowest BCUT2D eigenvalue weighted by Gasteiger charge is -2.31. The Balaban J connectivity index is 0.000000155. The number of hydrogen-bond acceptors (Lipinski definition) is 8. The van der Waals surface area contributed by atoms with Crippen LogP contribution in [0, 0.1) is 11.8 Å². The van der Waals surface area contributed by atoms with Gasteiger partial charge in [0.2, 0.25) is 5.91 Å². The maximum Gasteiger partial charge on any atom is 0.219 e. The maximum absolute atomic E-state index is 11.4. The summed E-state index contributed by atoms with van der Waals surface area (Å²) in [4.78, 5) is 30.9. The molecule has 0 radical (unpaired) electrons. The Morgan fingerprint density at radius 2 is 1.18 bits per heavy atom. The topological polar surface area (TPSA) is 120 Å². The summed E-state index contributed by atoms with van der Waals surface area (Å²) in [5.41, 5.74) is 7.33. The number of pyridine rings is 4.